The third-order valence-electron chi connectivity index (χ3n) is 3.98. The zero-order chi connectivity index (χ0) is 15.6. The molecule has 2 N–H and O–H groups in total. The molecule has 21 heavy (non-hydrogen) atoms. The first kappa shape index (κ1) is 16.0. The van der Waals surface area contributed by atoms with Gasteiger partial charge < -0.3 is 5.11 Å². The van der Waals surface area contributed by atoms with Crippen LogP contribution >= 0.6 is 0 Å². The van der Waals surface area contributed by atoms with Crippen molar-refractivity contribution in [2.45, 2.75) is 50.5 Å². The van der Waals surface area contributed by atoms with Gasteiger partial charge in [-0.2, -0.15) is 0 Å². The molecule has 0 heterocycles. The monoisotopic (exact) mass is 311 g/mol. The van der Waals surface area contributed by atoms with Gasteiger partial charge in [-0.05, 0) is 43.4 Å². The first-order valence-electron chi connectivity index (χ1n) is 7.16. The molecule has 0 saturated heterocycles. The minimum atomic E-state index is -3.68. The molecule has 1 aliphatic rings. The van der Waals surface area contributed by atoms with Crippen LogP contribution in [0.5, 0.6) is 0 Å². The Morgan fingerprint density at radius 2 is 2.05 bits per heavy atom. The van der Waals surface area contributed by atoms with Crippen LogP contribution in [0.15, 0.2) is 23.1 Å². The highest BCUT2D eigenvalue weighted by atomic mass is 32.2. The molecular formula is C15H21NO4S. The fourth-order valence-electron chi connectivity index (χ4n) is 2.85. The Morgan fingerprint density at radius 3 is 2.67 bits per heavy atom. The number of carboxylic acid groups (broad SMARTS) is 1. The van der Waals surface area contributed by atoms with E-state index in [1.165, 1.54) is 18.2 Å². The molecule has 116 valence electrons. The van der Waals surface area contributed by atoms with Crippen LogP contribution in [0.4, 0.5) is 0 Å². The lowest BCUT2D eigenvalue weighted by molar-refractivity contribution is 0.0696. The fourth-order valence-corrected chi connectivity index (χ4v) is 4.40. The van der Waals surface area contributed by atoms with E-state index in [1.54, 1.807) is 6.92 Å². The summed E-state index contributed by atoms with van der Waals surface area (Å²) >= 11 is 0. The second-order valence-corrected chi connectivity index (χ2v) is 7.56. The summed E-state index contributed by atoms with van der Waals surface area (Å²) in [6.07, 6.45) is 3.81. The molecule has 2 atom stereocenters. The fraction of sp³-hybridized carbons (Fsp3) is 0.533. The lowest BCUT2D eigenvalue weighted by Gasteiger charge is -2.27. The van der Waals surface area contributed by atoms with E-state index in [4.69, 9.17) is 5.11 Å². The number of sulfonamides is 1. The molecular weight excluding hydrogens is 290 g/mol. The highest BCUT2D eigenvalue weighted by Crippen LogP contribution is 2.25. The zero-order valence-electron chi connectivity index (χ0n) is 12.3. The zero-order valence-corrected chi connectivity index (χ0v) is 13.1. The maximum atomic E-state index is 12.5. The molecule has 1 saturated carbocycles. The molecule has 1 fully saturated rings. The molecule has 2 unspecified atom stereocenters. The van der Waals surface area contributed by atoms with Gasteiger partial charge in [-0.15, -0.1) is 0 Å². The molecule has 0 amide bonds. The third-order valence-corrected chi connectivity index (χ3v) is 5.65. The van der Waals surface area contributed by atoms with Crippen LogP contribution in [0.25, 0.3) is 0 Å². The first-order valence-corrected chi connectivity index (χ1v) is 8.64. The predicted molar refractivity (Wildman–Crippen MR) is 79.9 cm³/mol. The normalized spacial score (nSPS) is 23.0. The molecule has 6 heteroatoms. The summed E-state index contributed by atoms with van der Waals surface area (Å²) in [6, 6.07) is 4.11. The van der Waals surface area contributed by atoms with Crippen LogP contribution in [-0.4, -0.2) is 25.5 Å². The van der Waals surface area contributed by atoms with E-state index in [0.29, 0.717) is 11.5 Å². The van der Waals surface area contributed by atoms with Crippen LogP contribution in [0.3, 0.4) is 0 Å². The van der Waals surface area contributed by atoms with Crippen LogP contribution in [-0.2, 0) is 10.0 Å². The Balaban J connectivity index is 2.26. The van der Waals surface area contributed by atoms with Gasteiger partial charge in [-0.25, -0.2) is 17.9 Å². The van der Waals surface area contributed by atoms with Crippen molar-refractivity contribution in [1.82, 2.24) is 4.72 Å². The smallest absolute Gasteiger partial charge is 0.335 e. The van der Waals surface area contributed by atoms with Gasteiger partial charge in [-0.3, -0.25) is 0 Å². The van der Waals surface area contributed by atoms with Gasteiger partial charge in [0.2, 0.25) is 10.0 Å². The van der Waals surface area contributed by atoms with E-state index in [9.17, 15) is 13.2 Å². The van der Waals surface area contributed by atoms with Crippen molar-refractivity contribution < 1.29 is 18.3 Å². The van der Waals surface area contributed by atoms with E-state index in [1.807, 2.05) is 0 Å². The van der Waals surface area contributed by atoms with Crippen molar-refractivity contribution in [3.05, 3.63) is 29.3 Å². The lowest BCUT2D eigenvalue weighted by atomic mass is 9.88. The first-order chi connectivity index (χ1) is 9.79. The van der Waals surface area contributed by atoms with Gasteiger partial charge >= 0.3 is 5.97 Å². The van der Waals surface area contributed by atoms with Crippen LogP contribution in [0.1, 0.15) is 48.5 Å². The second-order valence-electron chi connectivity index (χ2n) is 5.88. The second kappa shape index (κ2) is 6.15. The number of rotatable bonds is 4. The summed E-state index contributed by atoms with van der Waals surface area (Å²) in [5, 5.41) is 9.01. The van der Waals surface area contributed by atoms with E-state index in [-0.39, 0.29) is 16.5 Å². The average molecular weight is 311 g/mol. The van der Waals surface area contributed by atoms with Crippen molar-refractivity contribution in [2.75, 3.05) is 0 Å². The number of hydrogen-bond acceptors (Lipinski definition) is 3. The number of carboxylic acids is 1. The number of aryl methyl sites for hydroxylation is 1. The van der Waals surface area contributed by atoms with Gasteiger partial charge in [0.1, 0.15) is 0 Å². The summed E-state index contributed by atoms with van der Waals surface area (Å²) < 4.78 is 27.7. The Labute approximate surface area is 125 Å². The standard InChI is InChI=1S/C15H21NO4S/c1-10-4-3-5-13(8-10)16-21(19,20)14-9-12(15(17)18)7-6-11(14)2/h6-7,9-10,13,16H,3-5,8H2,1-2H3,(H,17,18). The molecule has 0 aliphatic heterocycles. The molecule has 5 nitrogen and oxygen atoms in total. The number of aromatic carboxylic acids is 1. The van der Waals surface area contributed by atoms with Gasteiger partial charge in [0.25, 0.3) is 0 Å². The van der Waals surface area contributed by atoms with Crippen LogP contribution < -0.4 is 4.72 Å². The summed E-state index contributed by atoms with van der Waals surface area (Å²) in [7, 11) is -3.68. The van der Waals surface area contributed by atoms with Crippen molar-refractivity contribution in [3.63, 3.8) is 0 Å². The van der Waals surface area contributed by atoms with E-state index in [0.717, 1.165) is 25.7 Å². The van der Waals surface area contributed by atoms with Crippen molar-refractivity contribution in [1.29, 1.82) is 0 Å². The molecule has 1 aromatic rings. The topological polar surface area (TPSA) is 83.5 Å². The third kappa shape index (κ3) is 3.83. The number of hydrogen-bond donors (Lipinski definition) is 2. The Bertz CT molecular complexity index is 639. The number of benzene rings is 1. The van der Waals surface area contributed by atoms with Crippen LogP contribution in [0, 0.1) is 12.8 Å². The maximum absolute atomic E-state index is 12.5. The molecule has 0 radical (unpaired) electrons. The van der Waals surface area contributed by atoms with E-state index in [2.05, 4.69) is 11.6 Å². The van der Waals surface area contributed by atoms with Crippen molar-refractivity contribution in [3.8, 4) is 0 Å². The van der Waals surface area contributed by atoms with Crippen molar-refractivity contribution in [2.24, 2.45) is 5.92 Å². The van der Waals surface area contributed by atoms with Gasteiger partial charge in [0, 0.05) is 6.04 Å². The SMILES string of the molecule is Cc1ccc(C(=O)O)cc1S(=O)(=O)NC1CCCC(C)C1. The summed E-state index contributed by atoms with van der Waals surface area (Å²) in [5.41, 5.74) is 0.536. The van der Waals surface area contributed by atoms with E-state index < -0.39 is 16.0 Å². The van der Waals surface area contributed by atoms with Crippen molar-refractivity contribution >= 4 is 16.0 Å². The average Bonchev–Trinajstić information content (AvgIpc) is 2.38. The lowest BCUT2D eigenvalue weighted by Crippen LogP contribution is -2.38. The molecule has 2 rings (SSSR count). The van der Waals surface area contributed by atoms with Gasteiger partial charge in [0.05, 0.1) is 10.5 Å². The Morgan fingerprint density at radius 1 is 1.33 bits per heavy atom. The Hall–Kier alpha value is -1.40. The highest BCUT2D eigenvalue weighted by molar-refractivity contribution is 7.89. The minimum Gasteiger partial charge on any atom is -0.478 e. The number of carbonyl (C=O) groups is 1. The summed E-state index contributed by atoms with van der Waals surface area (Å²) in [6.45, 7) is 3.79. The van der Waals surface area contributed by atoms with Crippen LogP contribution in [0.2, 0.25) is 0 Å². The highest BCUT2D eigenvalue weighted by Gasteiger charge is 2.26. The van der Waals surface area contributed by atoms with Gasteiger partial charge in [0.15, 0.2) is 0 Å². The molecule has 1 aromatic carbocycles. The quantitative estimate of drug-likeness (QED) is 0.895. The maximum Gasteiger partial charge on any atom is 0.335 e. The predicted octanol–water partition coefficient (Wildman–Crippen LogP) is 2.55. The molecule has 0 aromatic heterocycles. The minimum absolute atomic E-state index is 0.0158. The molecule has 0 bridgehead atoms. The van der Waals surface area contributed by atoms with E-state index >= 15 is 0 Å². The summed E-state index contributed by atoms with van der Waals surface area (Å²) in [4.78, 5) is 11.1. The molecule has 1 aliphatic carbocycles. The largest absolute Gasteiger partial charge is 0.478 e. The summed E-state index contributed by atoms with van der Waals surface area (Å²) in [5.74, 6) is -0.615. The number of nitrogens with one attached hydrogen (secondary N) is 1. The van der Waals surface area contributed by atoms with Gasteiger partial charge in [-0.1, -0.05) is 25.8 Å². The molecule has 0 spiro atoms. The Kier molecular flexibility index (Phi) is 4.68.